The Morgan fingerprint density at radius 3 is 2.35 bits per heavy atom. The minimum atomic E-state index is -0.958. The molecule has 0 aliphatic carbocycles. The molecule has 1 aromatic heterocycles. The van der Waals surface area contributed by atoms with Crippen LogP contribution < -0.4 is 4.90 Å². The number of ether oxygens (including phenoxy) is 2. The molecule has 1 rings (SSSR count). The first kappa shape index (κ1) is 16.4. The minimum Gasteiger partial charge on any atom is -0.478 e. The Morgan fingerprint density at radius 2 is 1.85 bits per heavy atom. The summed E-state index contributed by atoms with van der Waals surface area (Å²) in [5, 5.41) is 9.24. The molecule has 6 nitrogen and oxygen atoms in total. The van der Waals surface area contributed by atoms with Crippen molar-refractivity contribution < 1.29 is 19.4 Å². The summed E-state index contributed by atoms with van der Waals surface area (Å²) in [5.41, 5.74) is 0.840. The van der Waals surface area contributed by atoms with Crippen LogP contribution in [0.1, 0.15) is 24.2 Å². The molecule has 0 bridgehead atoms. The van der Waals surface area contributed by atoms with E-state index < -0.39 is 5.97 Å². The number of anilines is 1. The zero-order chi connectivity index (χ0) is 14.8. The summed E-state index contributed by atoms with van der Waals surface area (Å²) in [6, 6.07) is 1.51. The second kappa shape index (κ2) is 9.28. The van der Waals surface area contributed by atoms with E-state index in [4.69, 9.17) is 9.47 Å². The molecule has 20 heavy (non-hydrogen) atoms. The van der Waals surface area contributed by atoms with Crippen molar-refractivity contribution in [1.82, 2.24) is 4.98 Å². The van der Waals surface area contributed by atoms with Crippen LogP contribution in [-0.4, -0.2) is 55.6 Å². The Balaban J connectivity index is 2.81. The standard InChI is InChI=1S/C14H22N2O4/c1-3-19-9-7-16(8-10-20-4-2)13-11-15-6-5-12(13)14(17)18/h5-6,11H,3-4,7-10H2,1-2H3,(H,17,18). The number of carbonyl (C=O) groups is 1. The normalized spacial score (nSPS) is 10.5. The van der Waals surface area contributed by atoms with Crippen molar-refractivity contribution in [1.29, 1.82) is 0 Å². The maximum atomic E-state index is 11.3. The topological polar surface area (TPSA) is 71.9 Å². The summed E-state index contributed by atoms with van der Waals surface area (Å²) in [6.45, 7) is 7.41. The van der Waals surface area contributed by atoms with Crippen LogP contribution in [0.4, 0.5) is 5.69 Å². The van der Waals surface area contributed by atoms with Gasteiger partial charge in [-0.15, -0.1) is 0 Å². The third-order valence-electron chi connectivity index (χ3n) is 2.79. The van der Waals surface area contributed by atoms with E-state index >= 15 is 0 Å². The average Bonchev–Trinajstić information content (AvgIpc) is 2.46. The summed E-state index contributed by atoms with van der Waals surface area (Å²) >= 11 is 0. The van der Waals surface area contributed by atoms with Crippen LogP contribution in [-0.2, 0) is 9.47 Å². The largest absolute Gasteiger partial charge is 0.478 e. The van der Waals surface area contributed by atoms with Gasteiger partial charge in [-0.25, -0.2) is 4.79 Å². The highest BCUT2D eigenvalue weighted by Gasteiger charge is 2.15. The van der Waals surface area contributed by atoms with Crippen LogP contribution in [0.2, 0.25) is 0 Å². The lowest BCUT2D eigenvalue weighted by Crippen LogP contribution is -2.32. The number of carboxylic acid groups (broad SMARTS) is 1. The average molecular weight is 282 g/mol. The van der Waals surface area contributed by atoms with Gasteiger partial charge in [-0.3, -0.25) is 4.98 Å². The summed E-state index contributed by atoms with van der Waals surface area (Å²) in [5.74, 6) is -0.958. The van der Waals surface area contributed by atoms with Gasteiger partial charge in [0.1, 0.15) is 0 Å². The molecular formula is C14H22N2O4. The molecule has 0 spiro atoms. The predicted molar refractivity (Wildman–Crippen MR) is 76.4 cm³/mol. The van der Waals surface area contributed by atoms with Crippen LogP contribution in [0.5, 0.6) is 0 Å². The maximum absolute atomic E-state index is 11.3. The maximum Gasteiger partial charge on any atom is 0.337 e. The van der Waals surface area contributed by atoms with Crippen molar-refractivity contribution in [3.05, 3.63) is 24.0 Å². The van der Waals surface area contributed by atoms with Crippen molar-refractivity contribution in [3.8, 4) is 0 Å². The third-order valence-corrected chi connectivity index (χ3v) is 2.79. The molecule has 0 radical (unpaired) electrons. The molecule has 0 saturated heterocycles. The molecule has 6 heteroatoms. The smallest absolute Gasteiger partial charge is 0.337 e. The number of hydrogen-bond donors (Lipinski definition) is 1. The lowest BCUT2D eigenvalue weighted by atomic mass is 10.2. The fourth-order valence-electron chi connectivity index (χ4n) is 1.81. The van der Waals surface area contributed by atoms with Gasteiger partial charge in [0, 0.05) is 32.5 Å². The molecule has 0 unspecified atom stereocenters. The molecule has 1 aromatic rings. The Labute approximate surface area is 119 Å². The number of nitrogens with zero attached hydrogens (tertiary/aromatic N) is 2. The van der Waals surface area contributed by atoms with E-state index in [2.05, 4.69) is 4.98 Å². The zero-order valence-corrected chi connectivity index (χ0v) is 12.0. The molecule has 1 N–H and O–H groups in total. The van der Waals surface area contributed by atoms with Gasteiger partial charge in [-0.05, 0) is 19.9 Å². The fourth-order valence-corrected chi connectivity index (χ4v) is 1.81. The van der Waals surface area contributed by atoms with Crippen LogP contribution in [0, 0.1) is 0 Å². The van der Waals surface area contributed by atoms with Gasteiger partial charge in [0.15, 0.2) is 0 Å². The minimum absolute atomic E-state index is 0.244. The molecule has 112 valence electrons. The van der Waals surface area contributed by atoms with Gasteiger partial charge in [0.2, 0.25) is 0 Å². The van der Waals surface area contributed by atoms with Gasteiger partial charge in [0.05, 0.1) is 30.7 Å². The predicted octanol–water partition coefficient (Wildman–Crippen LogP) is 1.66. The van der Waals surface area contributed by atoms with Crippen molar-refractivity contribution in [2.75, 3.05) is 44.4 Å². The number of hydrogen-bond acceptors (Lipinski definition) is 5. The summed E-state index contributed by atoms with van der Waals surface area (Å²) < 4.78 is 10.7. The van der Waals surface area contributed by atoms with E-state index in [1.54, 1.807) is 6.20 Å². The highest BCUT2D eigenvalue weighted by molar-refractivity contribution is 5.94. The van der Waals surface area contributed by atoms with E-state index in [0.717, 1.165) is 0 Å². The molecular weight excluding hydrogens is 260 g/mol. The second-order valence-corrected chi connectivity index (χ2v) is 4.08. The summed E-state index contributed by atoms with van der Waals surface area (Å²) in [4.78, 5) is 17.2. The van der Waals surface area contributed by atoms with Gasteiger partial charge in [-0.2, -0.15) is 0 Å². The van der Waals surface area contributed by atoms with E-state index in [1.807, 2.05) is 18.7 Å². The lowest BCUT2D eigenvalue weighted by Gasteiger charge is -2.25. The van der Waals surface area contributed by atoms with E-state index in [1.165, 1.54) is 12.3 Å². The van der Waals surface area contributed by atoms with Crippen LogP contribution >= 0.6 is 0 Å². The Kier molecular flexibility index (Phi) is 7.60. The zero-order valence-electron chi connectivity index (χ0n) is 12.0. The van der Waals surface area contributed by atoms with Crippen molar-refractivity contribution in [2.24, 2.45) is 0 Å². The van der Waals surface area contributed by atoms with E-state index in [9.17, 15) is 9.90 Å². The molecule has 0 aliphatic heterocycles. The SMILES string of the molecule is CCOCCN(CCOCC)c1cnccc1C(=O)O. The van der Waals surface area contributed by atoms with E-state index in [0.29, 0.717) is 45.2 Å². The summed E-state index contributed by atoms with van der Waals surface area (Å²) in [7, 11) is 0. The highest BCUT2D eigenvalue weighted by atomic mass is 16.5. The first-order chi connectivity index (χ1) is 9.70. The number of rotatable bonds is 10. The number of aromatic carboxylic acids is 1. The van der Waals surface area contributed by atoms with Gasteiger partial charge >= 0.3 is 5.97 Å². The van der Waals surface area contributed by atoms with Gasteiger partial charge in [0.25, 0.3) is 0 Å². The molecule has 0 aromatic carbocycles. The first-order valence-corrected chi connectivity index (χ1v) is 6.78. The fraction of sp³-hybridized carbons (Fsp3) is 0.571. The first-order valence-electron chi connectivity index (χ1n) is 6.78. The van der Waals surface area contributed by atoms with Crippen molar-refractivity contribution in [2.45, 2.75) is 13.8 Å². The molecule has 0 amide bonds. The summed E-state index contributed by atoms with van der Waals surface area (Å²) in [6.07, 6.45) is 3.05. The monoisotopic (exact) mass is 282 g/mol. The molecule has 0 fully saturated rings. The highest BCUT2D eigenvalue weighted by Crippen LogP contribution is 2.18. The number of aromatic nitrogens is 1. The molecule has 0 saturated carbocycles. The number of carboxylic acids is 1. The lowest BCUT2D eigenvalue weighted by molar-refractivity contribution is 0.0697. The van der Waals surface area contributed by atoms with Gasteiger partial charge < -0.3 is 19.5 Å². The second-order valence-electron chi connectivity index (χ2n) is 4.08. The number of pyridine rings is 1. The van der Waals surface area contributed by atoms with Crippen LogP contribution in [0.3, 0.4) is 0 Å². The third kappa shape index (κ3) is 5.14. The van der Waals surface area contributed by atoms with Crippen LogP contribution in [0.15, 0.2) is 18.5 Å². The Bertz CT molecular complexity index is 402. The molecule has 1 heterocycles. The molecule has 0 aliphatic rings. The van der Waals surface area contributed by atoms with Gasteiger partial charge in [-0.1, -0.05) is 0 Å². The quantitative estimate of drug-likeness (QED) is 0.658. The van der Waals surface area contributed by atoms with E-state index in [-0.39, 0.29) is 5.56 Å². The Morgan fingerprint density at radius 1 is 1.25 bits per heavy atom. The Hall–Kier alpha value is -1.66. The molecule has 0 atom stereocenters. The van der Waals surface area contributed by atoms with Crippen LogP contribution in [0.25, 0.3) is 0 Å². The van der Waals surface area contributed by atoms with Crippen molar-refractivity contribution >= 4 is 11.7 Å². The van der Waals surface area contributed by atoms with Crippen molar-refractivity contribution in [3.63, 3.8) is 0 Å².